The van der Waals surface area contributed by atoms with Crippen molar-refractivity contribution < 1.29 is 13.2 Å². The fourth-order valence-electron chi connectivity index (χ4n) is 3.93. The molecular weight excluding hydrogens is 382 g/mol. The molecule has 3 fully saturated rings. The van der Waals surface area contributed by atoms with E-state index in [9.17, 15) is 13.2 Å². The topological polar surface area (TPSA) is 78.5 Å². The van der Waals surface area contributed by atoms with Crippen molar-refractivity contribution >= 4 is 33.0 Å². The molecule has 5 rings (SSSR count). The molecule has 3 aliphatic heterocycles. The summed E-state index contributed by atoms with van der Waals surface area (Å²) in [7, 11) is -3.32. The number of nitrogens with zero attached hydrogens (tertiary/aromatic N) is 1. The minimum Gasteiger partial charge on any atom is -0.347 e. The van der Waals surface area contributed by atoms with E-state index in [-0.39, 0.29) is 11.9 Å². The Bertz CT molecular complexity index is 947. The summed E-state index contributed by atoms with van der Waals surface area (Å²) in [6.45, 7) is 3.25. The molecule has 0 radical (unpaired) electrons. The van der Waals surface area contributed by atoms with Crippen molar-refractivity contribution in [2.24, 2.45) is 5.92 Å². The van der Waals surface area contributed by atoms with Crippen LogP contribution in [0.1, 0.15) is 22.5 Å². The lowest BCUT2D eigenvalue weighted by molar-refractivity contribution is 0.0622. The lowest BCUT2D eigenvalue weighted by Crippen LogP contribution is -2.57. The number of benzene rings is 1. The van der Waals surface area contributed by atoms with Gasteiger partial charge in [-0.2, -0.15) is 0 Å². The Morgan fingerprint density at radius 1 is 1.19 bits per heavy atom. The molecule has 1 aromatic heterocycles. The molecule has 0 saturated carbocycles. The van der Waals surface area contributed by atoms with Crippen molar-refractivity contribution in [2.75, 3.05) is 30.6 Å². The minimum atomic E-state index is -3.32. The highest BCUT2D eigenvalue weighted by Gasteiger charge is 2.35. The van der Waals surface area contributed by atoms with Crippen LogP contribution in [0.25, 0.3) is 10.4 Å². The maximum Gasteiger partial charge on any atom is 0.261 e. The van der Waals surface area contributed by atoms with Crippen LogP contribution in [0.2, 0.25) is 0 Å². The number of rotatable bonds is 5. The summed E-state index contributed by atoms with van der Waals surface area (Å²) < 4.78 is 25.3. The zero-order valence-electron chi connectivity index (χ0n) is 15.1. The Morgan fingerprint density at radius 2 is 1.96 bits per heavy atom. The monoisotopic (exact) mass is 405 g/mol. The molecule has 6 nitrogen and oxygen atoms in total. The highest BCUT2D eigenvalue weighted by molar-refractivity contribution is 7.92. The third kappa shape index (κ3) is 4.34. The standard InChI is InChI=1S/C19H23N3O3S2/c1-27(24,25)21-15-4-2-3-14(11-15)17-5-6-18(26-17)19(23)20-16-12-22-9-7-13(16)8-10-22/h2-6,11,13,16,21H,7-10,12H2,1H3,(H,20,23)/t16-/m0/s1. The number of sulfonamides is 1. The Labute approximate surface area is 163 Å². The Hall–Kier alpha value is -1.90. The summed E-state index contributed by atoms with van der Waals surface area (Å²) in [5, 5.41) is 3.21. The van der Waals surface area contributed by atoms with Crippen LogP contribution in [0.4, 0.5) is 5.69 Å². The van der Waals surface area contributed by atoms with E-state index in [0.29, 0.717) is 16.5 Å². The SMILES string of the molecule is CS(=O)(=O)Nc1cccc(-c2ccc(C(=O)N[C@H]3CN4CCC3CC4)s2)c1. The van der Waals surface area contributed by atoms with E-state index < -0.39 is 10.0 Å². The molecule has 3 saturated heterocycles. The zero-order chi connectivity index (χ0) is 19.0. The Kier molecular flexibility index (Phi) is 4.96. The predicted octanol–water partition coefficient (Wildman–Crippen LogP) is 2.61. The summed E-state index contributed by atoms with van der Waals surface area (Å²) in [6, 6.07) is 11.2. The fourth-order valence-corrected chi connectivity index (χ4v) is 5.39. The Morgan fingerprint density at radius 3 is 2.63 bits per heavy atom. The van der Waals surface area contributed by atoms with E-state index in [1.165, 1.54) is 24.2 Å². The van der Waals surface area contributed by atoms with Crippen LogP contribution in [0.5, 0.6) is 0 Å². The maximum absolute atomic E-state index is 12.7. The molecule has 2 bridgehead atoms. The van der Waals surface area contributed by atoms with E-state index in [0.717, 1.165) is 36.3 Å². The number of thiophene rings is 1. The van der Waals surface area contributed by atoms with Gasteiger partial charge in [-0.05, 0) is 61.7 Å². The summed E-state index contributed by atoms with van der Waals surface area (Å²) in [4.78, 5) is 16.7. The highest BCUT2D eigenvalue weighted by atomic mass is 32.2. The average molecular weight is 406 g/mol. The molecule has 2 aromatic rings. The summed E-state index contributed by atoms with van der Waals surface area (Å²) in [5.41, 5.74) is 1.40. The molecule has 1 aromatic carbocycles. The van der Waals surface area contributed by atoms with Gasteiger partial charge in [-0.25, -0.2) is 8.42 Å². The van der Waals surface area contributed by atoms with Gasteiger partial charge in [-0.15, -0.1) is 11.3 Å². The first-order chi connectivity index (χ1) is 12.9. The summed E-state index contributed by atoms with van der Waals surface area (Å²) in [5.74, 6) is 0.576. The van der Waals surface area contributed by atoms with Gasteiger partial charge in [0.1, 0.15) is 0 Å². The summed E-state index contributed by atoms with van der Waals surface area (Å²) in [6.07, 6.45) is 3.46. The molecule has 0 unspecified atom stereocenters. The molecule has 144 valence electrons. The fraction of sp³-hybridized carbons (Fsp3) is 0.421. The summed E-state index contributed by atoms with van der Waals surface area (Å²) >= 11 is 1.43. The van der Waals surface area contributed by atoms with E-state index in [1.807, 2.05) is 18.2 Å². The van der Waals surface area contributed by atoms with Gasteiger partial charge in [0.05, 0.1) is 11.1 Å². The van der Waals surface area contributed by atoms with Crippen molar-refractivity contribution in [3.05, 3.63) is 41.3 Å². The van der Waals surface area contributed by atoms with Gasteiger partial charge in [0.15, 0.2) is 0 Å². The zero-order valence-corrected chi connectivity index (χ0v) is 16.8. The van der Waals surface area contributed by atoms with Crippen molar-refractivity contribution in [1.82, 2.24) is 10.2 Å². The second-order valence-electron chi connectivity index (χ2n) is 7.34. The van der Waals surface area contributed by atoms with Crippen LogP contribution in [0, 0.1) is 5.92 Å². The molecule has 8 heteroatoms. The smallest absolute Gasteiger partial charge is 0.261 e. The van der Waals surface area contributed by atoms with Crippen LogP contribution in [-0.4, -0.2) is 51.2 Å². The number of fused-ring (bicyclic) bond motifs is 3. The molecule has 3 aliphatic rings. The number of nitrogens with one attached hydrogen (secondary N) is 2. The number of anilines is 1. The number of carbonyl (C=O) groups is 1. The second-order valence-corrected chi connectivity index (χ2v) is 10.2. The van der Waals surface area contributed by atoms with Crippen LogP contribution in [-0.2, 0) is 10.0 Å². The van der Waals surface area contributed by atoms with Gasteiger partial charge in [0.2, 0.25) is 10.0 Å². The van der Waals surface area contributed by atoms with Crippen LogP contribution in [0.3, 0.4) is 0 Å². The predicted molar refractivity (Wildman–Crippen MR) is 109 cm³/mol. The first-order valence-corrected chi connectivity index (χ1v) is 11.8. The first kappa shape index (κ1) is 18.5. The van der Waals surface area contributed by atoms with E-state index in [4.69, 9.17) is 0 Å². The number of carbonyl (C=O) groups excluding carboxylic acids is 1. The quantitative estimate of drug-likeness (QED) is 0.802. The third-order valence-corrected chi connectivity index (χ3v) is 6.99. The molecule has 1 amide bonds. The number of hydrogen-bond donors (Lipinski definition) is 2. The molecule has 0 spiro atoms. The van der Waals surface area contributed by atoms with Crippen molar-refractivity contribution in [3.8, 4) is 10.4 Å². The normalized spacial score (nSPS) is 24.6. The van der Waals surface area contributed by atoms with Gasteiger partial charge < -0.3 is 10.2 Å². The molecule has 4 heterocycles. The molecule has 2 N–H and O–H groups in total. The van der Waals surface area contributed by atoms with E-state index in [1.54, 1.807) is 18.2 Å². The lowest BCUT2D eigenvalue weighted by atomic mass is 9.84. The highest BCUT2D eigenvalue weighted by Crippen LogP contribution is 2.31. The molecular formula is C19H23N3O3S2. The van der Waals surface area contributed by atoms with E-state index >= 15 is 0 Å². The van der Waals surface area contributed by atoms with Crippen LogP contribution in [0.15, 0.2) is 36.4 Å². The Balaban J connectivity index is 1.47. The molecule has 1 atom stereocenters. The van der Waals surface area contributed by atoms with Gasteiger partial charge in [-0.3, -0.25) is 9.52 Å². The minimum absolute atomic E-state index is 0.0181. The van der Waals surface area contributed by atoms with Gasteiger partial charge in [0, 0.05) is 23.2 Å². The number of amides is 1. The first-order valence-electron chi connectivity index (χ1n) is 9.09. The van der Waals surface area contributed by atoms with Crippen LogP contribution >= 0.6 is 11.3 Å². The number of hydrogen-bond acceptors (Lipinski definition) is 5. The van der Waals surface area contributed by atoms with Crippen LogP contribution < -0.4 is 10.0 Å². The largest absolute Gasteiger partial charge is 0.347 e. The van der Waals surface area contributed by atoms with Crippen molar-refractivity contribution in [2.45, 2.75) is 18.9 Å². The lowest BCUT2D eigenvalue weighted by Gasteiger charge is -2.44. The second kappa shape index (κ2) is 7.26. The maximum atomic E-state index is 12.7. The van der Waals surface area contributed by atoms with Crippen molar-refractivity contribution in [1.29, 1.82) is 0 Å². The average Bonchev–Trinajstić information content (AvgIpc) is 3.12. The molecule has 0 aliphatic carbocycles. The van der Waals surface area contributed by atoms with Gasteiger partial charge in [0.25, 0.3) is 5.91 Å². The third-order valence-electron chi connectivity index (χ3n) is 5.25. The van der Waals surface area contributed by atoms with Gasteiger partial charge in [-0.1, -0.05) is 12.1 Å². The number of piperidine rings is 3. The van der Waals surface area contributed by atoms with E-state index in [2.05, 4.69) is 14.9 Å². The van der Waals surface area contributed by atoms with Crippen molar-refractivity contribution in [3.63, 3.8) is 0 Å². The molecule has 27 heavy (non-hydrogen) atoms. The van der Waals surface area contributed by atoms with Gasteiger partial charge >= 0.3 is 0 Å².